The van der Waals surface area contributed by atoms with Crippen LogP contribution in [0.5, 0.6) is 0 Å². The largest absolute Gasteiger partial charge is 0.298 e. The van der Waals surface area contributed by atoms with Gasteiger partial charge in [0.25, 0.3) is 0 Å². The fourth-order valence-electron chi connectivity index (χ4n) is 3.72. The van der Waals surface area contributed by atoms with Gasteiger partial charge in [-0.05, 0) is 41.6 Å². The van der Waals surface area contributed by atoms with E-state index in [9.17, 15) is 0 Å². The number of nitrogens with one attached hydrogen (secondary N) is 1. The van der Waals surface area contributed by atoms with E-state index in [0.29, 0.717) is 17.3 Å². The van der Waals surface area contributed by atoms with Gasteiger partial charge in [0.15, 0.2) is 0 Å². The van der Waals surface area contributed by atoms with Crippen molar-refractivity contribution in [2.24, 2.45) is 4.99 Å². The average molecular weight is 455 g/mol. The maximum absolute atomic E-state index is 9.03. The second kappa shape index (κ2) is 8.94. The Bertz CT molecular complexity index is 1390. The third-order valence-corrected chi connectivity index (χ3v) is 6.13. The molecule has 4 aromatic rings. The summed E-state index contributed by atoms with van der Waals surface area (Å²) in [6, 6.07) is 11.9. The molecule has 6 nitrogen and oxygen atoms in total. The summed E-state index contributed by atoms with van der Waals surface area (Å²) in [5, 5.41) is 9.03. The highest BCUT2D eigenvalue weighted by molar-refractivity contribution is 7.98. The monoisotopic (exact) mass is 454 g/mol. The van der Waals surface area contributed by atoms with Gasteiger partial charge < -0.3 is 0 Å². The molecule has 3 heterocycles. The molecule has 0 saturated carbocycles. The molecule has 0 fully saturated rings. The lowest BCUT2D eigenvalue weighted by molar-refractivity contribution is 1.32. The second-order valence-electron chi connectivity index (χ2n) is 7.05. The molecular weight excluding hydrogens is 436 g/mol. The number of nitrogens with zero attached hydrogens (tertiary/aromatic N) is 5. The minimum atomic E-state index is 0.388. The Morgan fingerprint density at radius 2 is 1.41 bits per heavy atom. The van der Waals surface area contributed by atoms with Crippen LogP contribution in [-0.4, -0.2) is 42.3 Å². The fourth-order valence-corrected chi connectivity index (χ4v) is 4.55. The van der Waals surface area contributed by atoms with Crippen LogP contribution >= 0.6 is 23.5 Å². The van der Waals surface area contributed by atoms with Crippen molar-refractivity contribution in [2.75, 3.05) is 12.1 Å². The highest BCUT2D eigenvalue weighted by Crippen LogP contribution is 2.35. The molecule has 32 heavy (non-hydrogen) atoms. The molecule has 1 aliphatic rings. The molecule has 0 spiro atoms. The first-order valence-corrected chi connectivity index (χ1v) is 12.0. The van der Waals surface area contributed by atoms with E-state index in [-0.39, 0.29) is 0 Å². The highest BCUT2D eigenvalue weighted by atomic mass is 32.2. The van der Waals surface area contributed by atoms with Crippen molar-refractivity contribution in [2.45, 2.75) is 0 Å². The van der Waals surface area contributed by atoms with Crippen LogP contribution in [0.4, 0.5) is 0 Å². The lowest BCUT2D eigenvalue weighted by Gasteiger charge is -2.20. The molecule has 0 amide bonds. The van der Waals surface area contributed by atoms with Crippen LogP contribution in [0.3, 0.4) is 0 Å². The summed E-state index contributed by atoms with van der Waals surface area (Å²) in [5.41, 5.74) is 8.34. The summed E-state index contributed by atoms with van der Waals surface area (Å²) in [7, 11) is 0. The molecule has 156 valence electrons. The number of benzene rings is 1. The summed E-state index contributed by atoms with van der Waals surface area (Å²) in [4.78, 5) is 13.0. The molecule has 0 atom stereocenters. The summed E-state index contributed by atoms with van der Waals surface area (Å²) in [6.07, 6.45) is 13.1. The molecule has 0 aliphatic heterocycles. The Balaban J connectivity index is 1.65. The molecule has 0 bridgehead atoms. The van der Waals surface area contributed by atoms with Gasteiger partial charge in [0, 0.05) is 47.1 Å². The van der Waals surface area contributed by atoms with Crippen LogP contribution in [0.25, 0.3) is 33.3 Å². The Morgan fingerprint density at radius 1 is 0.812 bits per heavy atom. The van der Waals surface area contributed by atoms with E-state index >= 15 is 0 Å². The number of hydrogen-bond acceptors (Lipinski definition) is 8. The molecular formula is C24H18N6S2. The quantitative estimate of drug-likeness (QED) is 0.407. The zero-order chi connectivity index (χ0) is 21.9. The van der Waals surface area contributed by atoms with E-state index in [0.717, 1.165) is 44.4 Å². The number of rotatable bonds is 5. The first-order valence-electron chi connectivity index (χ1n) is 9.89. The van der Waals surface area contributed by atoms with Crippen LogP contribution in [0.15, 0.2) is 78.3 Å². The molecule has 3 aromatic heterocycles. The zero-order valence-electron chi connectivity index (χ0n) is 17.2. The average Bonchev–Trinajstić information content (AvgIpc) is 3.34. The van der Waals surface area contributed by atoms with Crippen molar-refractivity contribution in [3.8, 4) is 11.1 Å². The van der Waals surface area contributed by atoms with Crippen molar-refractivity contribution in [3.05, 3.63) is 84.5 Å². The van der Waals surface area contributed by atoms with Crippen molar-refractivity contribution in [1.29, 1.82) is 5.41 Å². The SMILES string of the molecule is CSCN=C1C(=N)C(c2ccc(-c3ccncc3)c3nsnc23)=CC=C1c1ccncc1. The first-order chi connectivity index (χ1) is 15.8. The smallest absolute Gasteiger partial charge is 0.113 e. The lowest BCUT2D eigenvalue weighted by Crippen LogP contribution is -2.20. The Morgan fingerprint density at radius 3 is 2.09 bits per heavy atom. The van der Waals surface area contributed by atoms with Gasteiger partial charge in [-0.2, -0.15) is 8.75 Å². The standard InChI is InChI=1S/C24H18N6S2/c1-31-14-28-22-17(15-6-10-26-11-7-15)2-4-19(21(22)25)20-5-3-18(16-8-12-27-13-9-16)23-24(20)30-32-29-23/h2-13,25H,14H2,1H3. The topological polar surface area (TPSA) is 87.8 Å². The zero-order valence-corrected chi connectivity index (χ0v) is 18.8. The Hall–Kier alpha value is -3.49. The normalized spacial score (nSPS) is 15.2. The lowest BCUT2D eigenvalue weighted by atomic mass is 9.86. The Labute approximate surface area is 193 Å². The van der Waals surface area contributed by atoms with Gasteiger partial charge in [-0.25, -0.2) is 0 Å². The fraction of sp³-hybridized carbons (Fsp3) is 0.0833. The van der Waals surface area contributed by atoms with Gasteiger partial charge in [0.2, 0.25) is 0 Å². The number of thioether (sulfide) groups is 1. The third-order valence-electron chi connectivity index (χ3n) is 5.22. The van der Waals surface area contributed by atoms with Crippen molar-refractivity contribution >= 4 is 57.1 Å². The van der Waals surface area contributed by atoms with E-state index in [2.05, 4.69) is 18.7 Å². The highest BCUT2D eigenvalue weighted by Gasteiger charge is 2.25. The van der Waals surface area contributed by atoms with Crippen LogP contribution in [0.2, 0.25) is 0 Å². The van der Waals surface area contributed by atoms with E-state index in [4.69, 9.17) is 10.4 Å². The van der Waals surface area contributed by atoms with Crippen LogP contribution in [0.1, 0.15) is 11.1 Å². The third kappa shape index (κ3) is 3.68. The van der Waals surface area contributed by atoms with Gasteiger partial charge in [0.05, 0.1) is 29.0 Å². The van der Waals surface area contributed by atoms with E-state index in [1.165, 1.54) is 11.7 Å². The van der Waals surface area contributed by atoms with Gasteiger partial charge in [-0.1, -0.05) is 24.3 Å². The van der Waals surface area contributed by atoms with Crippen LogP contribution in [-0.2, 0) is 0 Å². The second-order valence-corrected chi connectivity index (χ2v) is 8.42. The first kappa shape index (κ1) is 20.4. The maximum Gasteiger partial charge on any atom is 0.113 e. The summed E-state index contributed by atoms with van der Waals surface area (Å²) < 4.78 is 9.15. The predicted octanol–water partition coefficient (Wildman–Crippen LogP) is 5.41. The van der Waals surface area contributed by atoms with Crippen LogP contribution < -0.4 is 0 Å². The van der Waals surface area contributed by atoms with E-state index in [1.54, 1.807) is 36.5 Å². The summed E-state index contributed by atoms with van der Waals surface area (Å²) >= 11 is 2.81. The number of aliphatic imine (C=N–C) groups is 1. The van der Waals surface area contributed by atoms with Gasteiger partial charge in [-0.15, -0.1) is 11.8 Å². The number of hydrogen-bond donors (Lipinski definition) is 1. The molecule has 1 N–H and O–H groups in total. The molecule has 0 radical (unpaired) electrons. The number of fused-ring (bicyclic) bond motifs is 1. The summed E-state index contributed by atoms with van der Waals surface area (Å²) in [5.74, 6) is 0.585. The number of pyridine rings is 2. The molecule has 8 heteroatoms. The van der Waals surface area contributed by atoms with E-state index < -0.39 is 0 Å². The van der Waals surface area contributed by atoms with Gasteiger partial charge >= 0.3 is 0 Å². The summed E-state index contributed by atoms with van der Waals surface area (Å²) in [6.45, 7) is 0. The Kier molecular flexibility index (Phi) is 5.70. The molecule has 5 rings (SSSR count). The van der Waals surface area contributed by atoms with Crippen molar-refractivity contribution in [3.63, 3.8) is 0 Å². The van der Waals surface area contributed by atoms with Gasteiger partial charge in [-0.3, -0.25) is 20.4 Å². The maximum atomic E-state index is 9.03. The molecule has 0 saturated heterocycles. The molecule has 1 aromatic carbocycles. The molecule has 0 unspecified atom stereocenters. The number of aromatic nitrogens is 4. The predicted molar refractivity (Wildman–Crippen MR) is 134 cm³/mol. The minimum absolute atomic E-state index is 0.388. The van der Waals surface area contributed by atoms with Crippen molar-refractivity contribution in [1.82, 2.24) is 18.7 Å². The van der Waals surface area contributed by atoms with E-state index in [1.807, 2.05) is 54.8 Å². The number of allylic oxidation sites excluding steroid dienone is 4. The van der Waals surface area contributed by atoms with Gasteiger partial charge in [0.1, 0.15) is 11.0 Å². The van der Waals surface area contributed by atoms with Crippen LogP contribution in [0, 0.1) is 5.41 Å². The molecule has 1 aliphatic carbocycles. The minimum Gasteiger partial charge on any atom is -0.298 e. The van der Waals surface area contributed by atoms with Crippen molar-refractivity contribution < 1.29 is 0 Å².